The van der Waals surface area contributed by atoms with Gasteiger partial charge in [0.2, 0.25) is 0 Å². The van der Waals surface area contributed by atoms with E-state index in [2.05, 4.69) is 15.4 Å². The zero-order valence-corrected chi connectivity index (χ0v) is 13.9. The van der Waals surface area contributed by atoms with Gasteiger partial charge in [0.05, 0.1) is 17.5 Å². The summed E-state index contributed by atoms with van der Waals surface area (Å²) >= 11 is 0. The molecule has 0 saturated carbocycles. The predicted octanol–water partition coefficient (Wildman–Crippen LogP) is 3.39. The number of aryl methyl sites for hydroxylation is 1. The number of fused-ring (bicyclic) bond motifs is 1. The van der Waals surface area contributed by atoms with Crippen molar-refractivity contribution in [2.24, 2.45) is 0 Å². The van der Waals surface area contributed by atoms with Gasteiger partial charge in [-0.15, -0.1) is 0 Å². The second-order valence-corrected chi connectivity index (χ2v) is 5.99. The minimum absolute atomic E-state index is 0.133. The Balaban J connectivity index is 1.85. The maximum Gasteiger partial charge on any atom is 0.253 e. The molecular weight excluding hydrogens is 307 g/mol. The molecule has 1 aromatic carbocycles. The van der Waals surface area contributed by atoms with Crippen LogP contribution in [0.25, 0.3) is 11.0 Å². The molecule has 0 fully saturated rings. The van der Waals surface area contributed by atoms with Gasteiger partial charge in [0.1, 0.15) is 5.82 Å². The molecule has 3 aromatic rings. The van der Waals surface area contributed by atoms with Crippen LogP contribution in [0.4, 0.5) is 4.39 Å². The quantitative estimate of drug-likeness (QED) is 0.799. The van der Waals surface area contributed by atoms with Crippen LogP contribution in [0, 0.1) is 12.7 Å². The van der Waals surface area contributed by atoms with Crippen molar-refractivity contribution in [1.29, 1.82) is 0 Å². The number of carbonyl (C=O) groups is 1. The Bertz CT molecular complexity index is 901. The maximum absolute atomic E-state index is 13.6. The highest BCUT2D eigenvalue weighted by molar-refractivity contribution is 5.98. The summed E-state index contributed by atoms with van der Waals surface area (Å²) in [5.74, 6) is -0.608. The van der Waals surface area contributed by atoms with E-state index in [-0.39, 0.29) is 24.3 Å². The third-order valence-electron chi connectivity index (χ3n) is 3.89. The maximum atomic E-state index is 13.6. The molecule has 0 saturated heterocycles. The zero-order valence-electron chi connectivity index (χ0n) is 13.9. The zero-order chi connectivity index (χ0) is 17.3. The Morgan fingerprint density at radius 1 is 1.33 bits per heavy atom. The lowest BCUT2D eigenvalue weighted by Crippen LogP contribution is -2.24. The topological polar surface area (TPSA) is 59.8 Å². The number of halogens is 1. The Hall–Kier alpha value is -2.76. The monoisotopic (exact) mass is 326 g/mol. The molecule has 0 aliphatic carbocycles. The molecule has 0 aliphatic rings. The van der Waals surface area contributed by atoms with Crippen LogP contribution in [0.2, 0.25) is 0 Å². The first-order valence-electron chi connectivity index (χ1n) is 7.84. The first-order valence-corrected chi connectivity index (χ1v) is 7.84. The molecule has 0 bridgehead atoms. The van der Waals surface area contributed by atoms with Crippen LogP contribution in [0.1, 0.15) is 41.5 Å². The van der Waals surface area contributed by atoms with Crippen molar-refractivity contribution in [3.05, 3.63) is 59.2 Å². The number of nitrogens with one attached hydrogen (secondary N) is 1. The van der Waals surface area contributed by atoms with Crippen LogP contribution in [-0.2, 0) is 6.54 Å². The number of pyridine rings is 1. The molecule has 6 heteroatoms. The van der Waals surface area contributed by atoms with Crippen molar-refractivity contribution in [3.8, 4) is 0 Å². The molecular formula is C18H19FN4O. The van der Waals surface area contributed by atoms with Crippen LogP contribution in [-0.4, -0.2) is 20.7 Å². The van der Waals surface area contributed by atoms with Crippen molar-refractivity contribution in [2.45, 2.75) is 33.4 Å². The Labute approximate surface area is 139 Å². The van der Waals surface area contributed by atoms with E-state index in [1.54, 1.807) is 37.4 Å². The molecule has 24 heavy (non-hydrogen) atoms. The summed E-state index contributed by atoms with van der Waals surface area (Å²) in [6.07, 6.45) is 1.70. The van der Waals surface area contributed by atoms with Gasteiger partial charge in [-0.25, -0.2) is 14.1 Å². The molecule has 2 heterocycles. The molecule has 5 nitrogen and oxygen atoms in total. The molecule has 0 radical (unpaired) electrons. The van der Waals surface area contributed by atoms with Gasteiger partial charge in [-0.05, 0) is 32.9 Å². The smallest absolute Gasteiger partial charge is 0.253 e. The van der Waals surface area contributed by atoms with Gasteiger partial charge >= 0.3 is 0 Å². The summed E-state index contributed by atoms with van der Waals surface area (Å²) in [6.45, 7) is 5.97. The third kappa shape index (κ3) is 2.99. The summed E-state index contributed by atoms with van der Waals surface area (Å²) in [5.41, 5.74) is 2.30. The fourth-order valence-electron chi connectivity index (χ4n) is 2.59. The largest absolute Gasteiger partial charge is 0.348 e. The normalized spacial score (nSPS) is 11.2. The fraction of sp³-hybridized carbons (Fsp3) is 0.278. The Morgan fingerprint density at radius 2 is 2.08 bits per heavy atom. The van der Waals surface area contributed by atoms with Crippen molar-refractivity contribution in [3.63, 3.8) is 0 Å². The van der Waals surface area contributed by atoms with Crippen LogP contribution < -0.4 is 5.32 Å². The summed E-state index contributed by atoms with van der Waals surface area (Å²) in [5, 5.41) is 7.87. The number of carbonyl (C=O) groups excluding carboxylic acids is 1. The van der Waals surface area contributed by atoms with Gasteiger partial charge in [-0.2, -0.15) is 5.10 Å². The van der Waals surface area contributed by atoms with Gasteiger partial charge in [-0.1, -0.05) is 18.2 Å². The molecule has 1 N–H and O–H groups in total. The van der Waals surface area contributed by atoms with Crippen LogP contribution in [0.3, 0.4) is 0 Å². The van der Waals surface area contributed by atoms with Crippen molar-refractivity contribution in [1.82, 2.24) is 20.1 Å². The molecule has 0 unspecified atom stereocenters. The van der Waals surface area contributed by atoms with E-state index < -0.39 is 0 Å². The van der Waals surface area contributed by atoms with E-state index in [9.17, 15) is 9.18 Å². The number of rotatable bonds is 4. The van der Waals surface area contributed by atoms with Gasteiger partial charge in [0.25, 0.3) is 5.91 Å². The minimum Gasteiger partial charge on any atom is -0.348 e. The SMILES string of the molecule is Cc1nc2c(cnn2C(C)C)cc1C(=O)NCc1ccccc1F. The Kier molecular flexibility index (Phi) is 4.29. The van der Waals surface area contributed by atoms with Gasteiger partial charge < -0.3 is 5.32 Å². The summed E-state index contributed by atoms with van der Waals surface area (Å²) < 4.78 is 15.5. The highest BCUT2D eigenvalue weighted by Gasteiger charge is 2.15. The molecule has 3 rings (SSSR count). The number of aromatic nitrogens is 3. The van der Waals surface area contributed by atoms with Crippen molar-refractivity contribution < 1.29 is 9.18 Å². The van der Waals surface area contributed by atoms with E-state index in [1.807, 2.05) is 18.5 Å². The van der Waals surface area contributed by atoms with E-state index in [0.717, 1.165) is 11.0 Å². The number of benzene rings is 1. The molecule has 0 spiro atoms. The lowest BCUT2D eigenvalue weighted by Gasteiger charge is -2.10. The van der Waals surface area contributed by atoms with Crippen LogP contribution in [0.15, 0.2) is 36.5 Å². The fourth-order valence-corrected chi connectivity index (χ4v) is 2.59. The summed E-state index contributed by atoms with van der Waals surface area (Å²) in [7, 11) is 0. The third-order valence-corrected chi connectivity index (χ3v) is 3.89. The second-order valence-electron chi connectivity index (χ2n) is 5.99. The number of amides is 1. The molecule has 1 amide bonds. The average molecular weight is 326 g/mol. The van der Waals surface area contributed by atoms with E-state index >= 15 is 0 Å². The first kappa shape index (κ1) is 16.1. The van der Waals surface area contributed by atoms with Crippen molar-refractivity contribution in [2.75, 3.05) is 0 Å². The van der Waals surface area contributed by atoms with Crippen LogP contribution >= 0.6 is 0 Å². The Morgan fingerprint density at radius 3 is 2.79 bits per heavy atom. The molecule has 124 valence electrons. The highest BCUT2D eigenvalue weighted by Crippen LogP contribution is 2.19. The van der Waals surface area contributed by atoms with E-state index in [1.165, 1.54) is 6.07 Å². The second kappa shape index (κ2) is 6.39. The summed E-state index contributed by atoms with van der Waals surface area (Å²) in [4.78, 5) is 16.9. The summed E-state index contributed by atoms with van der Waals surface area (Å²) in [6, 6.07) is 8.35. The number of nitrogens with zero attached hydrogens (tertiary/aromatic N) is 3. The lowest BCUT2D eigenvalue weighted by molar-refractivity contribution is 0.0949. The average Bonchev–Trinajstić information content (AvgIpc) is 2.96. The van der Waals surface area contributed by atoms with Gasteiger partial charge in [0.15, 0.2) is 5.65 Å². The lowest BCUT2D eigenvalue weighted by atomic mass is 10.1. The first-order chi connectivity index (χ1) is 11.5. The van der Waals surface area contributed by atoms with Crippen molar-refractivity contribution >= 4 is 16.9 Å². The predicted molar refractivity (Wildman–Crippen MR) is 90.2 cm³/mol. The highest BCUT2D eigenvalue weighted by atomic mass is 19.1. The number of hydrogen-bond donors (Lipinski definition) is 1. The molecule has 0 aliphatic heterocycles. The van der Waals surface area contributed by atoms with Gasteiger partial charge in [-0.3, -0.25) is 4.79 Å². The molecule has 2 aromatic heterocycles. The van der Waals surface area contributed by atoms with E-state index in [4.69, 9.17) is 0 Å². The van der Waals surface area contributed by atoms with Crippen LogP contribution in [0.5, 0.6) is 0 Å². The minimum atomic E-state index is -0.332. The molecule has 0 atom stereocenters. The van der Waals surface area contributed by atoms with E-state index in [0.29, 0.717) is 16.8 Å². The standard InChI is InChI=1S/C18H19FN4O/c1-11(2)23-17-14(10-21-23)8-15(12(3)22-17)18(24)20-9-13-6-4-5-7-16(13)19/h4-8,10-11H,9H2,1-3H3,(H,20,24). The van der Waals surface area contributed by atoms with Gasteiger partial charge in [0, 0.05) is 23.5 Å². The number of hydrogen-bond acceptors (Lipinski definition) is 3.